The third-order valence-corrected chi connectivity index (χ3v) is 3.17. The van der Waals surface area contributed by atoms with Gasteiger partial charge >= 0.3 is 11.9 Å². The summed E-state index contributed by atoms with van der Waals surface area (Å²) < 4.78 is 9.92. The van der Waals surface area contributed by atoms with Crippen molar-refractivity contribution < 1.29 is 23.9 Å². The molecule has 25 heavy (non-hydrogen) atoms. The van der Waals surface area contributed by atoms with E-state index in [4.69, 9.17) is 9.47 Å². The Morgan fingerprint density at radius 2 is 1.76 bits per heavy atom. The molecule has 0 radical (unpaired) electrons. The number of amides is 1. The van der Waals surface area contributed by atoms with Gasteiger partial charge in [0, 0.05) is 30.3 Å². The van der Waals surface area contributed by atoms with E-state index in [2.05, 4.69) is 17.2 Å². The molecule has 1 aromatic carbocycles. The molecule has 0 unspecified atom stereocenters. The monoisotopic (exact) mass is 342 g/mol. The molecule has 1 aliphatic heterocycles. The lowest BCUT2D eigenvalue weighted by molar-refractivity contribution is -0.141. The molecule has 1 heterocycles. The number of nitrogens with one attached hydrogen (secondary N) is 2. The minimum absolute atomic E-state index is 0.00957. The van der Waals surface area contributed by atoms with Crippen molar-refractivity contribution in [1.82, 2.24) is 10.6 Å². The normalized spacial score (nSPS) is 13.7. The highest BCUT2D eigenvalue weighted by atomic mass is 16.5. The molecule has 1 aliphatic rings. The average molecular weight is 342 g/mol. The quantitative estimate of drug-likeness (QED) is 0.573. The van der Waals surface area contributed by atoms with Gasteiger partial charge in [-0.3, -0.25) is 4.79 Å². The van der Waals surface area contributed by atoms with E-state index in [9.17, 15) is 14.4 Å². The van der Waals surface area contributed by atoms with Crippen LogP contribution in [-0.4, -0.2) is 24.5 Å². The van der Waals surface area contributed by atoms with Gasteiger partial charge in [0.25, 0.3) is 5.91 Å². The molecule has 2 N–H and O–H groups in total. The van der Waals surface area contributed by atoms with Crippen LogP contribution in [0.4, 0.5) is 0 Å². The van der Waals surface area contributed by atoms with Crippen molar-refractivity contribution in [3.05, 3.63) is 72.2 Å². The highest BCUT2D eigenvalue weighted by molar-refractivity contribution is 5.95. The van der Waals surface area contributed by atoms with Gasteiger partial charge in [-0.15, -0.1) is 0 Å². The van der Waals surface area contributed by atoms with Crippen molar-refractivity contribution >= 4 is 17.8 Å². The van der Waals surface area contributed by atoms with Gasteiger partial charge in [-0.2, -0.15) is 0 Å². The summed E-state index contributed by atoms with van der Waals surface area (Å²) in [5.41, 5.74) is 1.29. The lowest BCUT2D eigenvalue weighted by atomic mass is 10.2. The Labute approximate surface area is 145 Å². The molecular formula is C18H18N2O5. The van der Waals surface area contributed by atoms with Crippen LogP contribution in [0.2, 0.25) is 0 Å². The van der Waals surface area contributed by atoms with Gasteiger partial charge in [0.1, 0.15) is 12.4 Å². The van der Waals surface area contributed by atoms with E-state index in [1.54, 1.807) is 0 Å². The Kier molecular flexibility index (Phi) is 6.53. The highest BCUT2D eigenvalue weighted by Gasteiger charge is 2.15. The third kappa shape index (κ3) is 6.34. The smallest absolute Gasteiger partial charge is 0.331 e. The van der Waals surface area contributed by atoms with E-state index in [1.165, 1.54) is 6.20 Å². The van der Waals surface area contributed by atoms with E-state index in [-0.39, 0.29) is 25.5 Å². The molecule has 0 saturated heterocycles. The van der Waals surface area contributed by atoms with Crippen LogP contribution in [0.25, 0.3) is 0 Å². The van der Waals surface area contributed by atoms with Gasteiger partial charge in [0.2, 0.25) is 0 Å². The molecule has 0 saturated carbocycles. The van der Waals surface area contributed by atoms with Crippen LogP contribution in [0.1, 0.15) is 12.0 Å². The van der Waals surface area contributed by atoms with Crippen LogP contribution in [0.15, 0.2) is 66.7 Å². The maximum Gasteiger partial charge on any atom is 0.331 e. The Hall–Kier alpha value is -3.35. The van der Waals surface area contributed by atoms with Crippen LogP contribution in [0.3, 0.4) is 0 Å². The van der Waals surface area contributed by atoms with E-state index >= 15 is 0 Å². The molecule has 2 rings (SSSR count). The fourth-order valence-electron chi connectivity index (χ4n) is 1.90. The van der Waals surface area contributed by atoms with Crippen LogP contribution >= 0.6 is 0 Å². The topological polar surface area (TPSA) is 93.7 Å². The minimum atomic E-state index is -0.689. The molecule has 1 amide bonds. The predicted molar refractivity (Wildman–Crippen MR) is 89.5 cm³/mol. The van der Waals surface area contributed by atoms with Crippen LogP contribution < -0.4 is 10.6 Å². The average Bonchev–Trinajstić information content (AvgIpc) is 2.61. The first kappa shape index (κ1) is 18.0. The predicted octanol–water partition coefficient (Wildman–Crippen LogP) is 1.29. The van der Waals surface area contributed by atoms with Crippen molar-refractivity contribution in [3.63, 3.8) is 0 Å². The molecule has 0 atom stereocenters. The summed E-state index contributed by atoms with van der Waals surface area (Å²) in [4.78, 5) is 34.6. The number of rotatable bonds is 7. The number of hydrogen-bond donors (Lipinski definition) is 2. The summed E-state index contributed by atoms with van der Waals surface area (Å²) in [6, 6.07) is 9.19. The molecule has 0 aliphatic carbocycles. The molecule has 1 aromatic rings. The van der Waals surface area contributed by atoms with Crippen molar-refractivity contribution in [1.29, 1.82) is 0 Å². The lowest BCUT2D eigenvalue weighted by Gasteiger charge is -2.16. The Bertz CT molecular complexity index is 722. The fraction of sp³-hybridized carbons (Fsp3) is 0.167. The van der Waals surface area contributed by atoms with Gasteiger partial charge in [-0.05, 0) is 5.56 Å². The SMILES string of the molecule is C=C1NC=C(CCOC(=O)/C=C/C(=O)OCc2ccccc2)C(=O)N1. The van der Waals surface area contributed by atoms with Crippen molar-refractivity contribution in [2.75, 3.05) is 6.61 Å². The number of carbonyl (C=O) groups excluding carboxylic acids is 3. The van der Waals surface area contributed by atoms with E-state index in [1.807, 2.05) is 30.3 Å². The maximum absolute atomic E-state index is 11.6. The zero-order chi connectivity index (χ0) is 18.1. The Balaban J connectivity index is 1.67. The van der Waals surface area contributed by atoms with E-state index < -0.39 is 11.9 Å². The summed E-state index contributed by atoms with van der Waals surface area (Å²) in [5, 5.41) is 5.27. The van der Waals surface area contributed by atoms with Crippen molar-refractivity contribution in [3.8, 4) is 0 Å². The van der Waals surface area contributed by atoms with Gasteiger partial charge in [-0.25, -0.2) is 9.59 Å². The van der Waals surface area contributed by atoms with Crippen LogP contribution in [-0.2, 0) is 30.5 Å². The molecule has 0 bridgehead atoms. The van der Waals surface area contributed by atoms with E-state index in [0.717, 1.165) is 17.7 Å². The van der Waals surface area contributed by atoms with Crippen LogP contribution in [0, 0.1) is 0 Å². The molecule has 7 nitrogen and oxygen atoms in total. The first-order chi connectivity index (χ1) is 12.0. The lowest BCUT2D eigenvalue weighted by Crippen LogP contribution is -2.35. The van der Waals surface area contributed by atoms with Gasteiger partial charge in [0.05, 0.1) is 6.61 Å². The standard InChI is InChI=1S/C18H18N2O5/c1-13-19-11-15(18(23)20-13)9-10-24-16(21)7-8-17(22)25-12-14-5-3-2-4-6-14/h2-8,11,19H,1,9-10,12H2,(H,20,23)/b8-7+. The number of hydrogen-bond acceptors (Lipinski definition) is 6. The molecule has 7 heteroatoms. The van der Waals surface area contributed by atoms with Gasteiger partial charge in [-0.1, -0.05) is 36.9 Å². The highest BCUT2D eigenvalue weighted by Crippen LogP contribution is 2.06. The summed E-state index contributed by atoms with van der Waals surface area (Å²) in [7, 11) is 0. The van der Waals surface area contributed by atoms with Crippen molar-refractivity contribution in [2.24, 2.45) is 0 Å². The second-order valence-corrected chi connectivity index (χ2v) is 5.09. The second kappa shape index (κ2) is 9.07. The summed E-state index contributed by atoms with van der Waals surface area (Å²) in [6.07, 6.45) is 3.74. The fourth-order valence-corrected chi connectivity index (χ4v) is 1.90. The zero-order valence-corrected chi connectivity index (χ0v) is 13.5. The molecular weight excluding hydrogens is 324 g/mol. The number of benzene rings is 1. The molecule has 0 fully saturated rings. The molecule has 130 valence electrons. The summed E-state index contributed by atoms with van der Waals surface area (Å²) >= 11 is 0. The Morgan fingerprint density at radius 3 is 2.44 bits per heavy atom. The van der Waals surface area contributed by atoms with Gasteiger partial charge in [0.15, 0.2) is 0 Å². The van der Waals surface area contributed by atoms with Crippen LogP contribution in [0.5, 0.6) is 0 Å². The number of carbonyl (C=O) groups is 3. The van der Waals surface area contributed by atoms with Crippen molar-refractivity contribution in [2.45, 2.75) is 13.0 Å². The largest absolute Gasteiger partial charge is 0.462 e. The molecule has 0 spiro atoms. The Morgan fingerprint density at radius 1 is 1.08 bits per heavy atom. The maximum atomic E-state index is 11.6. The zero-order valence-electron chi connectivity index (χ0n) is 13.5. The number of ether oxygens (including phenoxy) is 2. The van der Waals surface area contributed by atoms with E-state index in [0.29, 0.717) is 11.4 Å². The first-order valence-electron chi connectivity index (χ1n) is 7.56. The first-order valence-corrected chi connectivity index (χ1v) is 7.56. The minimum Gasteiger partial charge on any atom is -0.462 e. The molecule has 0 aromatic heterocycles. The second-order valence-electron chi connectivity index (χ2n) is 5.09. The number of esters is 2. The summed E-state index contributed by atoms with van der Waals surface area (Å²) in [5.74, 6) is -1.23. The van der Waals surface area contributed by atoms with Gasteiger partial charge < -0.3 is 20.1 Å². The third-order valence-electron chi connectivity index (χ3n) is 3.17. The summed E-state index contributed by atoms with van der Waals surface area (Å²) in [6.45, 7) is 3.69.